The quantitative estimate of drug-likeness (QED) is 0.905. The first-order valence-electron chi connectivity index (χ1n) is 5.73. The van der Waals surface area contributed by atoms with E-state index in [1.165, 1.54) is 38.6 Å². The van der Waals surface area contributed by atoms with Gasteiger partial charge in [-0.25, -0.2) is 12.8 Å². The number of nitrogens with one attached hydrogen (secondary N) is 1. The van der Waals surface area contributed by atoms with Crippen LogP contribution in [0.3, 0.4) is 0 Å². The molecule has 8 heteroatoms. The van der Waals surface area contributed by atoms with Crippen LogP contribution in [0.25, 0.3) is 0 Å². The lowest BCUT2D eigenvalue weighted by Gasteiger charge is -2.16. The lowest BCUT2D eigenvalue weighted by atomic mass is 10.2. The summed E-state index contributed by atoms with van der Waals surface area (Å²) in [4.78, 5) is 0. The summed E-state index contributed by atoms with van der Waals surface area (Å²) in [6.07, 6.45) is 1.35. The summed E-state index contributed by atoms with van der Waals surface area (Å²) in [5.41, 5.74) is 0.522. The maximum Gasteiger partial charge on any atom is 0.260 e. The van der Waals surface area contributed by atoms with Crippen molar-refractivity contribution < 1.29 is 17.5 Å². The van der Waals surface area contributed by atoms with Crippen molar-refractivity contribution in [2.45, 2.75) is 11.6 Å². The molecule has 0 aliphatic carbocycles. The van der Waals surface area contributed by atoms with Crippen molar-refractivity contribution in [3.8, 4) is 5.75 Å². The first kappa shape index (κ1) is 14.5. The Morgan fingerprint density at radius 1 is 1.40 bits per heavy atom. The van der Waals surface area contributed by atoms with Gasteiger partial charge in [-0.15, -0.1) is 0 Å². The minimum Gasteiger partial charge on any atom is -0.494 e. The molecule has 108 valence electrons. The molecule has 1 N–H and O–H groups in total. The summed E-state index contributed by atoms with van der Waals surface area (Å²) in [7, 11) is -0.878. The minimum atomic E-state index is -3.66. The first-order valence-corrected chi connectivity index (χ1v) is 7.17. The largest absolute Gasteiger partial charge is 0.494 e. The van der Waals surface area contributed by atoms with E-state index >= 15 is 0 Å². The van der Waals surface area contributed by atoms with Gasteiger partial charge in [-0.1, -0.05) is 6.07 Å². The zero-order valence-corrected chi connectivity index (χ0v) is 11.8. The summed E-state index contributed by atoms with van der Waals surface area (Å²) >= 11 is 0. The Hall–Kier alpha value is -1.93. The van der Waals surface area contributed by atoms with Gasteiger partial charge in [-0.2, -0.15) is 9.40 Å². The maximum atomic E-state index is 13.6. The zero-order valence-electron chi connectivity index (χ0n) is 11.0. The zero-order chi connectivity index (χ0) is 14.8. The Balaban J connectivity index is 2.20. The molecule has 0 saturated carbocycles. The van der Waals surface area contributed by atoms with Crippen molar-refractivity contribution in [2.75, 3.05) is 14.2 Å². The molecule has 0 fully saturated rings. The van der Waals surface area contributed by atoms with Crippen molar-refractivity contribution in [3.63, 3.8) is 0 Å². The van der Waals surface area contributed by atoms with E-state index in [4.69, 9.17) is 4.74 Å². The minimum absolute atomic E-state index is 0.00557. The van der Waals surface area contributed by atoms with E-state index in [1.807, 2.05) is 0 Å². The second-order valence-corrected chi connectivity index (χ2v) is 6.16. The van der Waals surface area contributed by atoms with Crippen LogP contribution >= 0.6 is 0 Å². The summed E-state index contributed by atoms with van der Waals surface area (Å²) in [6, 6.07) is 5.68. The number of benzene rings is 1. The normalized spacial score (nSPS) is 11.8. The van der Waals surface area contributed by atoms with Crippen LogP contribution in [-0.2, 0) is 16.6 Å². The molecule has 1 heterocycles. The summed E-state index contributed by atoms with van der Waals surface area (Å²) in [5.74, 6) is -0.412. The summed E-state index contributed by atoms with van der Waals surface area (Å²) < 4.78 is 43.8. The molecule has 0 aliphatic heterocycles. The third-order valence-corrected chi connectivity index (χ3v) is 4.52. The molecule has 1 aromatic heterocycles. The Morgan fingerprint density at radius 2 is 2.15 bits per heavy atom. The topological polar surface area (TPSA) is 75.3 Å². The lowest BCUT2D eigenvalue weighted by molar-refractivity contribution is 0.385. The van der Waals surface area contributed by atoms with Gasteiger partial charge in [0.05, 0.1) is 13.3 Å². The smallest absolute Gasteiger partial charge is 0.260 e. The first-order chi connectivity index (χ1) is 9.45. The van der Waals surface area contributed by atoms with Crippen molar-refractivity contribution in [3.05, 3.63) is 41.8 Å². The number of sulfonamides is 1. The van der Waals surface area contributed by atoms with Gasteiger partial charge in [0.2, 0.25) is 0 Å². The van der Waals surface area contributed by atoms with Crippen LogP contribution in [0.4, 0.5) is 4.39 Å². The third-order valence-electron chi connectivity index (χ3n) is 2.78. The van der Waals surface area contributed by atoms with Gasteiger partial charge in [0.25, 0.3) is 10.0 Å². The lowest BCUT2D eigenvalue weighted by Crippen LogP contribution is -2.26. The van der Waals surface area contributed by atoms with Crippen molar-refractivity contribution >= 4 is 10.0 Å². The molecule has 6 nitrogen and oxygen atoms in total. The number of methoxy groups -OCH3 is 1. The number of ether oxygens (including phenoxy) is 1. The second kappa shape index (κ2) is 5.59. The molecule has 20 heavy (non-hydrogen) atoms. The van der Waals surface area contributed by atoms with Gasteiger partial charge >= 0.3 is 0 Å². The van der Waals surface area contributed by atoms with E-state index in [0.29, 0.717) is 5.56 Å². The average molecular weight is 299 g/mol. The Bertz CT molecular complexity index is 686. The van der Waals surface area contributed by atoms with Gasteiger partial charge in [-0.05, 0) is 23.8 Å². The van der Waals surface area contributed by atoms with Crippen LogP contribution in [0.5, 0.6) is 5.75 Å². The molecular formula is C12H14FN3O3S. The maximum absolute atomic E-state index is 13.6. The fourth-order valence-electron chi connectivity index (χ4n) is 1.71. The van der Waals surface area contributed by atoms with E-state index in [-0.39, 0.29) is 17.3 Å². The van der Waals surface area contributed by atoms with Gasteiger partial charge < -0.3 is 4.74 Å². The predicted molar refractivity (Wildman–Crippen MR) is 70.2 cm³/mol. The van der Waals surface area contributed by atoms with E-state index in [0.717, 1.165) is 4.31 Å². The monoisotopic (exact) mass is 299 g/mol. The van der Waals surface area contributed by atoms with Crippen LogP contribution in [0.1, 0.15) is 5.56 Å². The fraction of sp³-hybridized carbons (Fsp3) is 0.250. The third kappa shape index (κ3) is 2.81. The van der Waals surface area contributed by atoms with Gasteiger partial charge in [0, 0.05) is 13.6 Å². The molecule has 2 rings (SSSR count). The number of aromatic amines is 1. The van der Waals surface area contributed by atoms with E-state index in [9.17, 15) is 12.8 Å². The molecule has 1 aromatic carbocycles. The average Bonchev–Trinajstić information content (AvgIpc) is 2.93. The number of hydrogen-bond donors (Lipinski definition) is 1. The van der Waals surface area contributed by atoms with Crippen LogP contribution in [0.2, 0.25) is 0 Å². The van der Waals surface area contributed by atoms with Crippen molar-refractivity contribution in [1.82, 2.24) is 14.5 Å². The van der Waals surface area contributed by atoms with E-state index in [2.05, 4.69) is 10.2 Å². The van der Waals surface area contributed by atoms with Gasteiger partial charge in [-0.3, -0.25) is 5.10 Å². The van der Waals surface area contributed by atoms with Gasteiger partial charge in [0.1, 0.15) is 0 Å². The molecule has 0 amide bonds. The van der Waals surface area contributed by atoms with Crippen LogP contribution in [0, 0.1) is 5.82 Å². The Labute approximate surface area is 116 Å². The molecule has 0 bridgehead atoms. The number of aromatic nitrogens is 2. The van der Waals surface area contributed by atoms with Crippen LogP contribution < -0.4 is 4.74 Å². The molecular weight excluding hydrogens is 285 g/mol. The van der Waals surface area contributed by atoms with E-state index in [1.54, 1.807) is 6.07 Å². The van der Waals surface area contributed by atoms with Crippen molar-refractivity contribution in [1.29, 1.82) is 0 Å². The Kier molecular flexibility index (Phi) is 4.05. The van der Waals surface area contributed by atoms with Crippen LogP contribution in [-0.4, -0.2) is 37.1 Å². The second-order valence-electron chi connectivity index (χ2n) is 4.15. The highest BCUT2D eigenvalue weighted by Crippen LogP contribution is 2.20. The molecule has 0 unspecified atom stereocenters. The number of hydrogen-bond acceptors (Lipinski definition) is 4. The fourth-order valence-corrected chi connectivity index (χ4v) is 2.76. The number of rotatable bonds is 5. The number of H-pyrrole nitrogens is 1. The molecule has 0 aliphatic rings. The highest BCUT2D eigenvalue weighted by Gasteiger charge is 2.22. The SMILES string of the molecule is COc1ccc(CN(C)S(=O)(=O)c2ccn[nH]2)cc1F. The number of halogens is 1. The highest BCUT2D eigenvalue weighted by molar-refractivity contribution is 7.89. The van der Waals surface area contributed by atoms with Crippen LogP contribution in [0.15, 0.2) is 35.5 Å². The van der Waals surface area contributed by atoms with Crippen molar-refractivity contribution in [2.24, 2.45) is 0 Å². The summed E-state index contributed by atoms with van der Waals surface area (Å²) in [6.45, 7) is 0.0439. The molecule has 0 atom stereocenters. The standard InChI is InChI=1S/C12H14FN3O3S/c1-16(20(17,18)12-5-6-14-15-12)8-9-3-4-11(19-2)10(13)7-9/h3-7H,8H2,1-2H3,(H,14,15). The molecule has 0 saturated heterocycles. The highest BCUT2D eigenvalue weighted by atomic mass is 32.2. The van der Waals surface area contributed by atoms with Gasteiger partial charge in [0.15, 0.2) is 16.6 Å². The molecule has 0 spiro atoms. The Morgan fingerprint density at radius 3 is 2.70 bits per heavy atom. The molecule has 2 aromatic rings. The summed E-state index contributed by atoms with van der Waals surface area (Å²) in [5, 5.41) is 6.00. The van der Waals surface area contributed by atoms with E-state index < -0.39 is 15.8 Å². The molecule has 0 radical (unpaired) electrons. The predicted octanol–water partition coefficient (Wildman–Crippen LogP) is 1.38. The number of nitrogens with zero attached hydrogens (tertiary/aromatic N) is 2.